The van der Waals surface area contributed by atoms with Gasteiger partial charge in [-0.2, -0.15) is 0 Å². The Balaban J connectivity index is 2.62. The van der Waals surface area contributed by atoms with Crippen molar-refractivity contribution in [3.8, 4) is 0 Å². The number of hydrogen-bond donors (Lipinski definition) is 2. The molecule has 0 radical (unpaired) electrons. The van der Waals surface area contributed by atoms with Crippen LogP contribution in [-0.2, 0) is 15.6 Å². The summed E-state index contributed by atoms with van der Waals surface area (Å²) in [6, 6.07) is 3.68. The van der Waals surface area contributed by atoms with Crippen LogP contribution in [0.3, 0.4) is 0 Å². The third-order valence-corrected chi connectivity index (χ3v) is 3.41. The lowest BCUT2D eigenvalue weighted by Crippen LogP contribution is -2.31. The van der Waals surface area contributed by atoms with E-state index in [2.05, 4.69) is 5.32 Å². The van der Waals surface area contributed by atoms with Gasteiger partial charge in [0, 0.05) is 17.1 Å². The molecule has 0 fully saturated rings. The van der Waals surface area contributed by atoms with Gasteiger partial charge in [-0.25, -0.2) is 4.39 Å². The number of amides is 1. The molecule has 0 aromatic heterocycles. The van der Waals surface area contributed by atoms with Crippen molar-refractivity contribution in [3.63, 3.8) is 0 Å². The van der Waals surface area contributed by atoms with Crippen LogP contribution >= 0.6 is 0 Å². The van der Waals surface area contributed by atoms with Crippen LogP contribution in [0.25, 0.3) is 0 Å². The lowest BCUT2D eigenvalue weighted by Gasteiger charge is -2.08. The highest BCUT2D eigenvalue weighted by Gasteiger charge is 2.12. The summed E-state index contributed by atoms with van der Waals surface area (Å²) in [7, 11) is -1.58. The third kappa shape index (κ3) is 4.83. The second kappa shape index (κ2) is 6.49. The zero-order valence-electron chi connectivity index (χ0n) is 10.4. The Morgan fingerprint density at radius 2 is 2.11 bits per heavy atom. The summed E-state index contributed by atoms with van der Waals surface area (Å²) >= 11 is 0. The number of carbonyl (C=O) groups excluding carboxylic acids is 1. The van der Waals surface area contributed by atoms with E-state index in [0.717, 1.165) is 12.1 Å². The van der Waals surface area contributed by atoms with Crippen LogP contribution in [0.15, 0.2) is 23.1 Å². The van der Waals surface area contributed by atoms with Crippen molar-refractivity contribution in [1.29, 1.82) is 0 Å². The summed E-state index contributed by atoms with van der Waals surface area (Å²) in [4.78, 5) is 11.7. The van der Waals surface area contributed by atoms with Gasteiger partial charge in [0.15, 0.2) is 0 Å². The Morgan fingerprint density at radius 3 is 2.67 bits per heavy atom. The number of benzene rings is 1. The number of rotatable bonds is 5. The maximum Gasteiger partial charge on any atom is 0.233 e. The highest BCUT2D eigenvalue weighted by molar-refractivity contribution is 7.85. The van der Waals surface area contributed by atoms with Gasteiger partial charge in [-0.1, -0.05) is 13.8 Å². The Labute approximate surface area is 108 Å². The van der Waals surface area contributed by atoms with Crippen molar-refractivity contribution in [3.05, 3.63) is 24.0 Å². The van der Waals surface area contributed by atoms with Gasteiger partial charge < -0.3 is 11.1 Å². The van der Waals surface area contributed by atoms with Gasteiger partial charge in [0.1, 0.15) is 11.6 Å². The van der Waals surface area contributed by atoms with Crippen LogP contribution in [0.4, 0.5) is 10.1 Å². The van der Waals surface area contributed by atoms with E-state index >= 15 is 0 Å². The summed E-state index contributed by atoms with van der Waals surface area (Å²) in [6.07, 6.45) is 0. The topological polar surface area (TPSA) is 72.2 Å². The Bertz CT molecular complexity index is 443. The van der Waals surface area contributed by atoms with Crippen LogP contribution in [0.5, 0.6) is 0 Å². The van der Waals surface area contributed by atoms with Gasteiger partial charge in [0.05, 0.1) is 10.8 Å². The molecule has 1 rings (SSSR count). The smallest absolute Gasteiger partial charge is 0.233 e. The number of nitrogen functional groups attached to an aromatic ring is 1. The molecule has 1 aromatic rings. The van der Waals surface area contributed by atoms with Crippen molar-refractivity contribution in [2.45, 2.75) is 18.7 Å². The van der Waals surface area contributed by atoms with Gasteiger partial charge in [-0.3, -0.25) is 9.00 Å². The summed E-state index contributed by atoms with van der Waals surface area (Å²) in [6.45, 7) is 4.45. The van der Waals surface area contributed by atoms with E-state index in [1.54, 1.807) is 0 Å². The molecule has 0 aliphatic heterocycles. The van der Waals surface area contributed by atoms with Gasteiger partial charge in [0.2, 0.25) is 5.91 Å². The quantitative estimate of drug-likeness (QED) is 0.793. The van der Waals surface area contributed by atoms with E-state index in [1.165, 1.54) is 6.07 Å². The number of hydrogen-bond acceptors (Lipinski definition) is 3. The minimum absolute atomic E-state index is 0.185. The minimum Gasteiger partial charge on any atom is -0.399 e. The molecule has 1 unspecified atom stereocenters. The van der Waals surface area contributed by atoms with Crippen molar-refractivity contribution < 1.29 is 13.4 Å². The van der Waals surface area contributed by atoms with Crippen LogP contribution in [0, 0.1) is 11.7 Å². The molecule has 1 amide bonds. The lowest BCUT2D eigenvalue weighted by molar-refractivity contribution is -0.118. The molecule has 4 nitrogen and oxygen atoms in total. The van der Waals surface area contributed by atoms with Crippen molar-refractivity contribution in [1.82, 2.24) is 5.32 Å². The van der Waals surface area contributed by atoms with Crippen molar-refractivity contribution >= 4 is 22.4 Å². The lowest BCUT2D eigenvalue weighted by atomic mass is 10.2. The first-order chi connectivity index (χ1) is 8.38. The van der Waals surface area contributed by atoms with E-state index < -0.39 is 16.6 Å². The third-order valence-electron chi connectivity index (χ3n) is 2.13. The van der Waals surface area contributed by atoms with Crippen molar-refractivity contribution in [2.75, 3.05) is 18.0 Å². The molecule has 0 saturated heterocycles. The predicted molar refractivity (Wildman–Crippen MR) is 69.9 cm³/mol. The van der Waals surface area contributed by atoms with Gasteiger partial charge >= 0.3 is 0 Å². The zero-order valence-corrected chi connectivity index (χ0v) is 11.2. The van der Waals surface area contributed by atoms with Crippen LogP contribution in [-0.4, -0.2) is 22.4 Å². The number of nitrogens with two attached hydrogens (primary N) is 1. The Morgan fingerprint density at radius 1 is 1.44 bits per heavy atom. The monoisotopic (exact) mass is 272 g/mol. The van der Waals surface area contributed by atoms with E-state index in [-0.39, 0.29) is 22.2 Å². The SMILES string of the molecule is CC(C)CNC(=O)CS(=O)c1cc(N)cc(F)c1. The number of nitrogens with one attached hydrogen (secondary N) is 1. The molecule has 0 aliphatic rings. The summed E-state index contributed by atoms with van der Waals surface area (Å²) in [5.74, 6) is -0.728. The van der Waals surface area contributed by atoms with Crippen LogP contribution in [0.1, 0.15) is 13.8 Å². The first-order valence-electron chi connectivity index (χ1n) is 5.59. The molecule has 0 spiro atoms. The molecule has 0 bridgehead atoms. The fourth-order valence-electron chi connectivity index (χ4n) is 1.29. The molecule has 18 heavy (non-hydrogen) atoms. The molecule has 1 aromatic carbocycles. The molecule has 0 heterocycles. The minimum atomic E-state index is -1.58. The van der Waals surface area contributed by atoms with Gasteiger partial charge in [-0.05, 0) is 24.1 Å². The normalized spacial score (nSPS) is 12.4. The van der Waals surface area contributed by atoms with Gasteiger partial charge in [-0.15, -0.1) is 0 Å². The molecule has 3 N–H and O–H groups in total. The first kappa shape index (κ1) is 14.6. The Hall–Kier alpha value is -1.43. The summed E-state index contributed by atoms with van der Waals surface area (Å²) in [5, 5.41) is 2.65. The summed E-state index contributed by atoms with van der Waals surface area (Å²) < 4.78 is 24.9. The second-order valence-corrected chi connectivity index (χ2v) is 5.86. The second-order valence-electron chi connectivity index (χ2n) is 4.41. The zero-order chi connectivity index (χ0) is 13.7. The maximum atomic E-state index is 13.1. The molecule has 0 saturated carbocycles. The van der Waals surface area contributed by atoms with E-state index in [4.69, 9.17) is 5.73 Å². The predicted octanol–water partition coefficient (Wildman–Crippen LogP) is 1.29. The average Bonchev–Trinajstić information content (AvgIpc) is 2.25. The van der Waals surface area contributed by atoms with E-state index in [9.17, 15) is 13.4 Å². The highest BCUT2D eigenvalue weighted by atomic mass is 32.2. The highest BCUT2D eigenvalue weighted by Crippen LogP contribution is 2.14. The van der Waals surface area contributed by atoms with Crippen LogP contribution < -0.4 is 11.1 Å². The number of anilines is 1. The fraction of sp³-hybridized carbons (Fsp3) is 0.417. The largest absolute Gasteiger partial charge is 0.399 e. The standard InChI is InChI=1S/C12H17FN2O2S/c1-8(2)6-15-12(16)7-18(17)11-4-9(13)3-10(14)5-11/h3-5,8H,6-7,14H2,1-2H3,(H,15,16). The molecular weight excluding hydrogens is 255 g/mol. The average molecular weight is 272 g/mol. The summed E-state index contributed by atoms with van der Waals surface area (Å²) in [5.41, 5.74) is 5.65. The molecular formula is C12H17FN2O2S. The molecule has 1 atom stereocenters. The van der Waals surface area contributed by atoms with Crippen LogP contribution in [0.2, 0.25) is 0 Å². The van der Waals surface area contributed by atoms with Gasteiger partial charge in [0.25, 0.3) is 0 Å². The van der Waals surface area contributed by atoms with Crippen molar-refractivity contribution in [2.24, 2.45) is 5.92 Å². The number of halogens is 1. The Kier molecular flexibility index (Phi) is 5.27. The molecule has 6 heteroatoms. The first-order valence-corrected chi connectivity index (χ1v) is 6.91. The number of carbonyl (C=O) groups is 1. The maximum absolute atomic E-state index is 13.1. The molecule has 100 valence electrons. The molecule has 0 aliphatic carbocycles. The van der Waals surface area contributed by atoms with E-state index in [0.29, 0.717) is 12.5 Å². The fourth-order valence-corrected chi connectivity index (χ4v) is 2.31. The van der Waals surface area contributed by atoms with E-state index in [1.807, 2.05) is 13.8 Å².